The number of hydrogen-bond donors (Lipinski definition) is 2. The molecule has 4 unspecified atom stereocenters. The lowest BCUT2D eigenvalue weighted by atomic mass is 9.76. The van der Waals surface area contributed by atoms with Crippen LogP contribution in [0, 0.1) is 17.0 Å². The highest BCUT2D eigenvalue weighted by molar-refractivity contribution is 7.88. The fourth-order valence-corrected chi connectivity index (χ4v) is 6.24. The molecular weight excluding hydrogens is 488 g/mol. The second-order valence-electron chi connectivity index (χ2n) is 9.38. The highest BCUT2D eigenvalue weighted by Gasteiger charge is 2.50. The van der Waals surface area contributed by atoms with Crippen molar-refractivity contribution in [1.82, 2.24) is 9.31 Å². The first kappa shape index (κ1) is 25.7. The number of fused-ring (bicyclic) bond motifs is 1. The summed E-state index contributed by atoms with van der Waals surface area (Å²) in [6.45, 7) is 1.57. The lowest BCUT2D eigenvalue weighted by molar-refractivity contribution is -0.385. The quantitative estimate of drug-likeness (QED) is 0.336. The molecule has 0 spiro atoms. The van der Waals surface area contributed by atoms with Gasteiger partial charge in [-0.2, -0.15) is 0 Å². The minimum Gasteiger partial charge on any atom is -0.481 e. The van der Waals surface area contributed by atoms with Gasteiger partial charge < -0.3 is 10.0 Å². The minimum absolute atomic E-state index is 0.195. The Kier molecular flexibility index (Phi) is 6.86. The number of hydrogen-bond acceptors (Lipinski definition) is 7. The van der Waals surface area contributed by atoms with Crippen LogP contribution in [0.5, 0.6) is 0 Å². The largest absolute Gasteiger partial charge is 0.481 e. The van der Waals surface area contributed by atoms with Gasteiger partial charge in [-0.15, -0.1) is 4.41 Å². The maximum Gasteiger partial charge on any atom is 0.313 e. The summed E-state index contributed by atoms with van der Waals surface area (Å²) in [5.41, 5.74) is 0.995. The highest BCUT2D eigenvalue weighted by atomic mass is 32.2. The van der Waals surface area contributed by atoms with Crippen LogP contribution in [0.3, 0.4) is 0 Å². The van der Waals surface area contributed by atoms with Crippen molar-refractivity contribution < 1.29 is 28.0 Å². The van der Waals surface area contributed by atoms with Crippen LogP contribution in [0.1, 0.15) is 64.7 Å². The van der Waals surface area contributed by atoms with Gasteiger partial charge in [0.1, 0.15) is 5.92 Å². The summed E-state index contributed by atoms with van der Waals surface area (Å²) in [5.74, 6) is 3.13. The van der Waals surface area contributed by atoms with Gasteiger partial charge in [0.25, 0.3) is 11.6 Å². The molecule has 2 aliphatic rings. The Morgan fingerprint density at radius 1 is 1.19 bits per heavy atom. The average Bonchev–Trinajstić information content (AvgIpc) is 2.83. The van der Waals surface area contributed by atoms with E-state index in [2.05, 4.69) is 0 Å². The molecule has 0 saturated heterocycles. The van der Waals surface area contributed by atoms with Crippen LogP contribution < -0.4 is 5.84 Å². The summed E-state index contributed by atoms with van der Waals surface area (Å²) < 4.78 is 25.5. The van der Waals surface area contributed by atoms with Gasteiger partial charge in [0, 0.05) is 17.2 Å². The van der Waals surface area contributed by atoms with Gasteiger partial charge in [-0.1, -0.05) is 43.2 Å². The molecule has 4 rings (SSSR count). The summed E-state index contributed by atoms with van der Waals surface area (Å²) >= 11 is 0. The number of aliphatic carboxylic acids is 1. The number of carboxylic acids is 1. The first-order chi connectivity index (χ1) is 16.9. The van der Waals surface area contributed by atoms with Gasteiger partial charge in [0.05, 0.1) is 29.3 Å². The Hall–Kier alpha value is -3.35. The Morgan fingerprint density at radius 2 is 1.86 bits per heavy atom. The smallest absolute Gasteiger partial charge is 0.313 e. The van der Waals surface area contributed by atoms with Gasteiger partial charge in [-0.25, -0.2) is 8.42 Å². The van der Waals surface area contributed by atoms with Crippen LogP contribution in [0.2, 0.25) is 0 Å². The van der Waals surface area contributed by atoms with Gasteiger partial charge >= 0.3 is 5.97 Å². The molecule has 1 saturated carbocycles. The van der Waals surface area contributed by atoms with E-state index in [1.807, 2.05) is 0 Å². The van der Waals surface area contributed by atoms with Crippen molar-refractivity contribution >= 4 is 27.6 Å². The number of nitrogens with two attached hydrogens (primary N) is 1. The SMILES string of the molecule is Cc1ccc(C2C(C(=O)O)c3ccccc3C(=O)N2C2CCCCC2N(N)S(C)(=O)=O)cc1[N+](=O)[O-]. The topological polar surface area (TPSA) is 164 Å². The molecule has 192 valence electrons. The standard InChI is InChI=1S/C24H28N4O7S/c1-14-11-12-15(13-20(14)28(32)33)22-21(24(30)31)16-7-3-4-8-17(16)23(29)26(22)18-9-5-6-10-19(18)27(25)36(2,34)35/h3-4,7-8,11-13,18-19,21-22H,5-6,9-10,25H2,1-2H3,(H,30,31). The molecule has 0 aromatic heterocycles. The number of sulfonamides is 1. The Labute approximate surface area is 208 Å². The summed E-state index contributed by atoms with van der Waals surface area (Å²) in [6.07, 6.45) is 3.14. The van der Waals surface area contributed by atoms with E-state index in [4.69, 9.17) is 5.84 Å². The number of rotatable bonds is 6. The third kappa shape index (κ3) is 4.47. The lowest BCUT2D eigenvalue weighted by Crippen LogP contribution is -2.61. The second kappa shape index (κ2) is 9.60. The van der Waals surface area contributed by atoms with Gasteiger partial charge in [-0.05, 0) is 37.0 Å². The van der Waals surface area contributed by atoms with E-state index in [0.29, 0.717) is 36.8 Å². The third-order valence-electron chi connectivity index (χ3n) is 7.17. The van der Waals surface area contributed by atoms with Crippen molar-refractivity contribution in [2.75, 3.05) is 6.26 Å². The maximum absolute atomic E-state index is 14.0. The number of nitrogens with zero attached hydrogens (tertiary/aromatic N) is 3. The second-order valence-corrected chi connectivity index (χ2v) is 11.3. The van der Waals surface area contributed by atoms with Gasteiger partial charge in [-0.3, -0.25) is 25.5 Å². The van der Waals surface area contributed by atoms with Crippen molar-refractivity contribution in [2.45, 2.75) is 56.7 Å². The number of benzene rings is 2. The van der Waals surface area contributed by atoms with Crippen molar-refractivity contribution in [1.29, 1.82) is 0 Å². The highest BCUT2D eigenvalue weighted by Crippen LogP contribution is 2.47. The zero-order valence-corrected chi connectivity index (χ0v) is 20.7. The van der Waals surface area contributed by atoms with Crippen LogP contribution in [0.25, 0.3) is 0 Å². The Balaban J connectivity index is 1.96. The minimum atomic E-state index is -3.82. The van der Waals surface area contributed by atoms with Crippen molar-refractivity contribution in [3.05, 3.63) is 74.8 Å². The number of nitro benzene ring substituents is 1. The zero-order valence-electron chi connectivity index (χ0n) is 19.9. The number of aryl methyl sites for hydroxylation is 1. The molecule has 1 heterocycles. The fourth-order valence-electron chi connectivity index (χ4n) is 5.50. The average molecular weight is 517 g/mol. The summed E-state index contributed by atoms with van der Waals surface area (Å²) in [7, 11) is -3.82. The van der Waals surface area contributed by atoms with E-state index < -0.39 is 50.9 Å². The predicted octanol–water partition coefficient (Wildman–Crippen LogP) is 2.72. The van der Waals surface area contributed by atoms with E-state index >= 15 is 0 Å². The van der Waals surface area contributed by atoms with Crippen LogP contribution in [-0.2, 0) is 14.8 Å². The molecule has 0 radical (unpaired) electrons. The summed E-state index contributed by atoms with van der Waals surface area (Å²) in [4.78, 5) is 39.2. The number of carbonyl (C=O) groups is 2. The number of carbonyl (C=O) groups excluding carboxylic acids is 1. The molecule has 1 fully saturated rings. The maximum atomic E-state index is 14.0. The molecule has 36 heavy (non-hydrogen) atoms. The van der Waals surface area contributed by atoms with Crippen molar-refractivity contribution in [3.8, 4) is 0 Å². The molecule has 1 aliphatic heterocycles. The molecule has 2 aromatic rings. The molecule has 3 N–H and O–H groups in total. The molecule has 12 heteroatoms. The fraction of sp³-hybridized carbons (Fsp3) is 0.417. The number of nitro groups is 1. The molecule has 0 bridgehead atoms. The van der Waals surface area contributed by atoms with E-state index in [1.54, 1.807) is 37.3 Å². The molecule has 11 nitrogen and oxygen atoms in total. The van der Waals surface area contributed by atoms with Gasteiger partial charge in [0.15, 0.2) is 0 Å². The Bertz CT molecular complexity index is 1330. The summed E-state index contributed by atoms with van der Waals surface area (Å²) in [6, 6.07) is 8.20. The van der Waals surface area contributed by atoms with E-state index in [-0.39, 0.29) is 16.8 Å². The summed E-state index contributed by atoms with van der Waals surface area (Å²) in [5, 5.41) is 22.0. The van der Waals surface area contributed by atoms with Crippen LogP contribution in [0.15, 0.2) is 42.5 Å². The molecule has 4 atom stereocenters. The van der Waals surface area contributed by atoms with Crippen LogP contribution in [-0.4, -0.2) is 58.0 Å². The van der Waals surface area contributed by atoms with E-state index in [0.717, 1.165) is 10.7 Å². The lowest BCUT2D eigenvalue weighted by Gasteiger charge is -2.49. The first-order valence-corrected chi connectivity index (χ1v) is 13.4. The zero-order chi connectivity index (χ0) is 26.4. The van der Waals surface area contributed by atoms with Crippen LogP contribution in [0.4, 0.5) is 5.69 Å². The number of amides is 1. The normalized spacial score (nSPS) is 24.4. The molecule has 1 amide bonds. The number of hydrazine groups is 1. The van der Waals surface area contributed by atoms with Crippen LogP contribution >= 0.6 is 0 Å². The predicted molar refractivity (Wildman–Crippen MR) is 130 cm³/mol. The molecule has 1 aliphatic carbocycles. The Morgan fingerprint density at radius 3 is 2.50 bits per heavy atom. The number of carboxylic acid groups (broad SMARTS) is 1. The third-order valence-corrected chi connectivity index (χ3v) is 8.21. The van der Waals surface area contributed by atoms with E-state index in [9.17, 15) is 33.2 Å². The van der Waals surface area contributed by atoms with E-state index in [1.165, 1.54) is 17.0 Å². The van der Waals surface area contributed by atoms with Crippen molar-refractivity contribution in [2.24, 2.45) is 5.84 Å². The first-order valence-electron chi connectivity index (χ1n) is 11.6. The molecular formula is C24H28N4O7S. The van der Waals surface area contributed by atoms with Crippen molar-refractivity contribution in [3.63, 3.8) is 0 Å². The van der Waals surface area contributed by atoms with Gasteiger partial charge in [0.2, 0.25) is 10.0 Å². The monoisotopic (exact) mass is 516 g/mol. The molecule has 2 aromatic carbocycles.